The number of amides is 1. The number of benzene rings is 2. The summed E-state index contributed by atoms with van der Waals surface area (Å²) in [6, 6.07) is 16.9. The molecule has 0 aliphatic heterocycles. The SMILES string of the molecule is C[C@@H](NC(=O)C(CN)c1ccccc1)c1ccc(Cl)cc1. The van der Waals surface area contributed by atoms with Crippen molar-refractivity contribution in [3.63, 3.8) is 0 Å². The van der Waals surface area contributed by atoms with Gasteiger partial charge in [0.1, 0.15) is 0 Å². The van der Waals surface area contributed by atoms with Gasteiger partial charge < -0.3 is 11.1 Å². The number of halogens is 1. The van der Waals surface area contributed by atoms with Crippen molar-refractivity contribution >= 4 is 17.5 Å². The molecule has 2 rings (SSSR count). The minimum Gasteiger partial charge on any atom is -0.349 e. The Kier molecular flexibility index (Phi) is 5.37. The third-order valence-corrected chi connectivity index (χ3v) is 3.73. The van der Waals surface area contributed by atoms with E-state index in [1.165, 1.54) is 0 Å². The van der Waals surface area contributed by atoms with Gasteiger partial charge in [0, 0.05) is 11.6 Å². The second-order valence-electron chi connectivity index (χ2n) is 4.98. The first-order chi connectivity index (χ1) is 10.1. The summed E-state index contributed by atoms with van der Waals surface area (Å²) in [6.45, 7) is 2.23. The van der Waals surface area contributed by atoms with Crippen molar-refractivity contribution in [2.45, 2.75) is 18.9 Å². The van der Waals surface area contributed by atoms with Gasteiger partial charge in [-0.15, -0.1) is 0 Å². The topological polar surface area (TPSA) is 55.1 Å². The van der Waals surface area contributed by atoms with Crippen molar-refractivity contribution in [1.82, 2.24) is 5.32 Å². The van der Waals surface area contributed by atoms with Crippen LogP contribution < -0.4 is 11.1 Å². The van der Waals surface area contributed by atoms with Crippen LogP contribution in [0.25, 0.3) is 0 Å². The van der Waals surface area contributed by atoms with Gasteiger partial charge in [-0.05, 0) is 30.2 Å². The van der Waals surface area contributed by atoms with Gasteiger partial charge >= 0.3 is 0 Å². The molecular formula is C17H19ClN2O. The van der Waals surface area contributed by atoms with E-state index in [1.54, 1.807) is 0 Å². The van der Waals surface area contributed by atoms with E-state index >= 15 is 0 Å². The zero-order valence-corrected chi connectivity index (χ0v) is 12.7. The highest BCUT2D eigenvalue weighted by Crippen LogP contribution is 2.19. The molecule has 2 aromatic rings. The summed E-state index contributed by atoms with van der Waals surface area (Å²) < 4.78 is 0. The van der Waals surface area contributed by atoms with Crippen molar-refractivity contribution in [1.29, 1.82) is 0 Å². The molecule has 2 atom stereocenters. The molecule has 0 aliphatic rings. The molecule has 0 spiro atoms. The van der Waals surface area contributed by atoms with Crippen LogP contribution in [0.3, 0.4) is 0 Å². The Morgan fingerprint density at radius 1 is 1.10 bits per heavy atom. The lowest BCUT2D eigenvalue weighted by Crippen LogP contribution is -2.35. The zero-order chi connectivity index (χ0) is 15.2. The molecule has 0 aliphatic carbocycles. The first-order valence-electron chi connectivity index (χ1n) is 6.92. The molecule has 2 aromatic carbocycles. The number of nitrogens with two attached hydrogens (primary N) is 1. The summed E-state index contributed by atoms with van der Waals surface area (Å²) in [4.78, 5) is 12.4. The molecule has 3 nitrogen and oxygen atoms in total. The summed E-state index contributed by atoms with van der Waals surface area (Å²) in [5, 5.41) is 3.68. The van der Waals surface area contributed by atoms with E-state index in [2.05, 4.69) is 5.32 Å². The van der Waals surface area contributed by atoms with Crippen LogP contribution in [0.4, 0.5) is 0 Å². The van der Waals surface area contributed by atoms with Gasteiger partial charge in [0.2, 0.25) is 5.91 Å². The van der Waals surface area contributed by atoms with Crippen LogP contribution in [0.5, 0.6) is 0 Å². The number of nitrogens with one attached hydrogen (secondary N) is 1. The molecule has 0 aromatic heterocycles. The van der Waals surface area contributed by atoms with Crippen LogP contribution in [0.2, 0.25) is 5.02 Å². The smallest absolute Gasteiger partial charge is 0.229 e. The molecular weight excluding hydrogens is 284 g/mol. The van der Waals surface area contributed by atoms with E-state index in [4.69, 9.17) is 17.3 Å². The summed E-state index contributed by atoms with van der Waals surface area (Å²) in [5.74, 6) is -0.396. The van der Waals surface area contributed by atoms with Crippen molar-refractivity contribution in [3.05, 3.63) is 70.7 Å². The maximum Gasteiger partial charge on any atom is 0.229 e. The Hall–Kier alpha value is -1.84. The Balaban J connectivity index is 2.07. The largest absolute Gasteiger partial charge is 0.349 e. The average Bonchev–Trinajstić information content (AvgIpc) is 2.49. The number of carbonyl (C=O) groups is 1. The highest BCUT2D eigenvalue weighted by molar-refractivity contribution is 6.30. The predicted octanol–water partition coefficient (Wildman–Crippen LogP) is 3.26. The number of carbonyl (C=O) groups excluding carboxylic acids is 1. The predicted molar refractivity (Wildman–Crippen MR) is 86.2 cm³/mol. The van der Waals surface area contributed by atoms with Gasteiger partial charge in [-0.25, -0.2) is 0 Å². The van der Waals surface area contributed by atoms with Gasteiger partial charge in [-0.1, -0.05) is 54.1 Å². The second kappa shape index (κ2) is 7.25. The standard InChI is InChI=1S/C17H19ClN2O/c1-12(13-7-9-15(18)10-8-13)20-17(21)16(11-19)14-5-3-2-4-6-14/h2-10,12,16H,11,19H2,1H3,(H,20,21)/t12-,16?/m1/s1. The van der Waals surface area contributed by atoms with Gasteiger partial charge in [0.05, 0.1) is 12.0 Å². The Morgan fingerprint density at radius 2 is 1.71 bits per heavy atom. The maximum absolute atomic E-state index is 12.4. The van der Waals surface area contributed by atoms with Gasteiger partial charge in [0.15, 0.2) is 0 Å². The van der Waals surface area contributed by atoms with Crippen molar-refractivity contribution in [2.24, 2.45) is 5.73 Å². The van der Waals surface area contributed by atoms with E-state index in [-0.39, 0.29) is 24.4 Å². The molecule has 110 valence electrons. The molecule has 3 N–H and O–H groups in total. The summed E-state index contributed by atoms with van der Waals surface area (Å²) >= 11 is 5.87. The zero-order valence-electron chi connectivity index (χ0n) is 11.9. The lowest BCUT2D eigenvalue weighted by atomic mass is 9.97. The molecule has 0 bridgehead atoms. The van der Waals surface area contributed by atoms with Gasteiger partial charge in [-0.2, -0.15) is 0 Å². The van der Waals surface area contributed by atoms with E-state index in [0.29, 0.717) is 5.02 Å². The molecule has 0 saturated heterocycles. The molecule has 1 unspecified atom stereocenters. The highest BCUT2D eigenvalue weighted by atomic mass is 35.5. The Bertz CT molecular complexity index is 583. The van der Waals surface area contributed by atoms with Crippen LogP contribution in [0, 0.1) is 0 Å². The lowest BCUT2D eigenvalue weighted by Gasteiger charge is -2.20. The Labute approximate surface area is 130 Å². The van der Waals surface area contributed by atoms with Crippen molar-refractivity contribution < 1.29 is 4.79 Å². The summed E-state index contributed by atoms with van der Waals surface area (Å²) in [7, 11) is 0. The number of hydrogen-bond acceptors (Lipinski definition) is 2. The van der Waals surface area contributed by atoms with E-state index in [9.17, 15) is 4.79 Å². The van der Waals surface area contributed by atoms with E-state index < -0.39 is 0 Å². The van der Waals surface area contributed by atoms with Crippen LogP contribution in [-0.4, -0.2) is 12.5 Å². The quantitative estimate of drug-likeness (QED) is 0.890. The van der Waals surface area contributed by atoms with Gasteiger partial charge in [0.25, 0.3) is 0 Å². The summed E-state index contributed by atoms with van der Waals surface area (Å²) in [6.07, 6.45) is 0. The molecule has 0 radical (unpaired) electrons. The summed E-state index contributed by atoms with van der Waals surface area (Å²) in [5.41, 5.74) is 7.70. The maximum atomic E-state index is 12.4. The molecule has 4 heteroatoms. The highest BCUT2D eigenvalue weighted by Gasteiger charge is 2.20. The monoisotopic (exact) mass is 302 g/mol. The fourth-order valence-electron chi connectivity index (χ4n) is 2.23. The number of rotatable bonds is 5. The normalized spacial score (nSPS) is 13.5. The van der Waals surface area contributed by atoms with Crippen LogP contribution in [0.1, 0.15) is 30.0 Å². The molecule has 21 heavy (non-hydrogen) atoms. The molecule has 1 amide bonds. The van der Waals surface area contributed by atoms with Crippen molar-refractivity contribution in [3.8, 4) is 0 Å². The third-order valence-electron chi connectivity index (χ3n) is 3.48. The fraction of sp³-hybridized carbons (Fsp3) is 0.235. The van der Waals surface area contributed by atoms with Crippen LogP contribution in [0.15, 0.2) is 54.6 Å². The van der Waals surface area contributed by atoms with Crippen LogP contribution in [-0.2, 0) is 4.79 Å². The first kappa shape index (κ1) is 15.5. The van der Waals surface area contributed by atoms with E-state index in [0.717, 1.165) is 11.1 Å². The molecule has 0 heterocycles. The van der Waals surface area contributed by atoms with Crippen molar-refractivity contribution in [2.75, 3.05) is 6.54 Å². The first-order valence-corrected chi connectivity index (χ1v) is 7.30. The third kappa shape index (κ3) is 4.06. The lowest BCUT2D eigenvalue weighted by molar-refractivity contribution is -0.123. The number of hydrogen-bond donors (Lipinski definition) is 2. The molecule has 0 saturated carbocycles. The van der Waals surface area contributed by atoms with E-state index in [1.807, 2.05) is 61.5 Å². The average molecular weight is 303 g/mol. The molecule has 0 fully saturated rings. The Morgan fingerprint density at radius 3 is 2.29 bits per heavy atom. The van der Waals surface area contributed by atoms with Crippen LogP contribution >= 0.6 is 11.6 Å². The minimum absolute atomic E-state index is 0.0637. The fourth-order valence-corrected chi connectivity index (χ4v) is 2.35. The second-order valence-corrected chi connectivity index (χ2v) is 5.42. The minimum atomic E-state index is -0.332. The van der Waals surface area contributed by atoms with Gasteiger partial charge in [-0.3, -0.25) is 4.79 Å².